The largest absolute Gasteiger partial charge is 0.489 e. The van der Waals surface area contributed by atoms with Crippen LogP contribution in [0.2, 0.25) is 13.6 Å². The first-order valence-corrected chi connectivity index (χ1v) is 6.12. The van der Waals surface area contributed by atoms with Gasteiger partial charge in [0.1, 0.15) is 18.2 Å². The molecule has 2 aromatic rings. The highest BCUT2D eigenvalue weighted by Crippen LogP contribution is 2.12. The summed E-state index contributed by atoms with van der Waals surface area (Å²) in [6, 6.07) is 14.5. The lowest BCUT2D eigenvalue weighted by atomic mass is 9.49. The molecule has 0 radical (unpaired) electrons. The van der Waals surface area contributed by atoms with E-state index in [0.717, 1.165) is 11.3 Å². The molecule has 0 unspecified atom stereocenters. The van der Waals surface area contributed by atoms with Gasteiger partial charge in [-0.3, -0.25) is 0 Å². The van der Waals surface area contributed by atoms with Crippen molar-refractivity contribution >= 4 is 12.2 Å². The molecule has 0 aliphatic carbocycles. The third-order valence-corrected chi connectivity index (χ3v) is 2.84. The third kappa shape index (κ3) is 3.36. The Labute approximate surface area is 108 Å². The lowest BCUT2D eigenvalue weighted by Gasteiger charge is -2.08. The SMILES string of the molecule is CB(C)c1ccc(OCc2cccc(F)c2)cc1. The first kappa shape index (κ1) is 12.7. The molecular weight excluding hydrogens is 226 g/mol. The van der Waals surface area contributed by atoms with Gasteiger partial charge in [0.25, 0.3) is 0 Å². The Morgan fingerprint density at radius 3 is 2.39 bits per heavy atom. The quantitative estimate of drug-likeness (QED) is 0.747. The van der Waals surface area contributed by atoms with Crippen LogP contribution in [0.15, 0.2) is 48.5 Å². The maximum Gasteiger partial charge on any atom is 0.169 e. The predicted molar refractivity (Wildman–Crippen MR) is 74.3 cm³/mol. The summed E-state index contributed by atoms with van der Waals surface area (Å²) in [6.07, 6.45) is 0. The summed E-state index contributed by atoms with van der Waals surface area (Å²) < 4.78 is 18.6. The van der Waals surface area contributed by atoms with Crippen molar-refractivity contribution in [2.24, 2.45) is 0 Å². The number of ether oxygens (including phenoxy) is 1. The van der Waals surface area contributed by atoms with Crippen LogP contribution in [0.1, 0.15) is 5.56 Å². The van der Waals surface area contributed by atoms with Crippen LogP contribution in [0.4, 0.5) is 4.39 Å². The molecule has 3 heteroatoms. The van der Waals surface area contributed by atoms with Gasteiger partial charge in [-0.1, -0.05) is 43.4 Å². The van der Waals surface area contributed by atoms with Crippen molar-refractivity contribution in [3.63, 3.8) is 0 Å². The van der Waals surface area contributed by atoms with Crippen LogP contribution in [0.25, 0.3) is 0 Å². The van der Waals surface area contributed by atoms with Gasteiger partial charge in [-0.2, -0.15) is 0 Å². The lowest BCUT2D eigenvalue weighted by molar-refractivity contribution is 0.305. The molecule has 1 nitrogen and oxygen atoms in total. The maximum atomic E-state index is 13.0. The molecule has 0 saturated heterocycles. The van der Waals surface area contributed by atoms with Gasteiger partial charge in [0, 0.05) is 0 Å². The monoisotopic (exact) mass is 242 g/mol. The van der Waals surface area contributed by atoms with E-state index < -0.39 is 0 Å². The van der Waals surface area contributed by atoms with Crippen molar-refractivity contribution in [1.29, 1.82) is 0 Å². The smallest absolute Gasteiger partial charge is 0.169 e. The first-order valence-electron chi connectivity index (χ1n) is 6.12. The van der Waals surface area contributed by atoms with Crippen LogP contribution in [0.3, 0.4) is 0 Å². The minimum absolute atomic E-state index is 0.230. The zero-order valence-electron chi connectivity index (χ0n) is 10.7. The van der Waals surface area contributed by atoms with Crippen LogP contribution in [-0.4, -0.2) is 6.71 Å². The van der Waals surface area contributed by atoms with Gasteiger partial charge in [0.15, 0.2) is 6.71 Å². The number of hydrogen-bond donors (Lipinski definition) is 0. The molecule has 0 saturated carbocycles. The van der Waals surface area contributed by atoms with Gasteiger partial charge in [-0.25, -0.2) is 4.39 Å². The summed E-state index contributed by atoms with van der Waals surface area (Å²) in [7, 11) is 0. The minimum atomic E-state index is -0.230. The van der Waals surface area contributed by atoms with E-state index in [1.165, 1.54) is 17.6 Å². The van der Waals surface area contributed by atoms with Crippen LogP contribution < -0.4 is 10.2 Å². The van der Waals surface area contributed by atoms with Crippen molar-refractivity contribution in [3.05, 3.63) is 59.9 Å². The molecule has 18 heavy (non-hydrogen) atoms. The lowest BCUT2D eigenvalue weighted by Crippen LogP contribution is -2.21. The third-order valence-electron chi connectivity index (χ3n) is 2.84. The van der Waals surface area contributed by atoms with E-state index in [1.807, 2.05) is 18.2 Å². The number of hydrogen-bond acceptors (Lipinski definition) is 1. The van der Waals surface area contributed by atoms with Crippen LogP contribution >= 0.6 is 0 Å². The number of rotatable bonds is 4. The Morgan fingerprint density at radius 1 is 1.06 bits per heavy atom. The highest BCUT2D eigenvalue weighted by atomic mass is 19.1. The van der Waals surface area contributed by atoms with E-state index in [2.05, 4.69) is 25.8 Å². The van der Waals surface area contributed by atoms with Crippen molar-refractivity contribution in [1.82, 2.24) is 0 Å². The maximum absolute atomic E-state index is 13.0. The zero-order chi connectivity index (χ0) is 13.0. The molecule has 0 fully saturated rings. The first-order chi connectivity index (χ1) is 8.65. The summed E-state index contributed by atoms with van der Waals surface area (Å²) in [5, 5.41) is 0. The summed E-state index contributed by atoms with van der Waals surface area (Å²) >= 11 is 0. The topological polar surface area (TPSA) is 9.23 Å². The van der Waals surface area contributed by atoms with Gasteiger partial charge in [0.05, 0.1) is 0 Å². The van der Waals surface area contributed by atoms with Crippen molar-refractivity contribution in [2.45, 2.75) is 20.3 Å². The molecule has 0 aliphatic heterocycles. The van der Waals surface area contributed by atoms with E-state index in [9.17, 15) is 4.39 Å². The summed E-state index contributed by atoms with van der Waals surface area (Å²) in [5.41, 5.74) is 2.12. The van der Waals surface area contributed by atoms with Gasteiger partial charge in [-0.05, 0) is 29.8 Å². The molecule has 0 amide bonds. The second kappa shape index (κ2) is 5.72. The Morgan fingerprint density at radius 2 is 1.78 bits per heavy atom. The molecule has 0 N–H and O–H groups in total. The van der Waals surface area contributed by atoms with E-state index in [0.29, 0.717) is 13.3 Å². The molecule has 0 heterocycles. The Bertz CT molecular complexity index is 508. The summed E-state index contributed by atoms with van der Waals surface area (Å²) in [5.74, 6) is 0.579. The molecule has 0 aromatic heterocycles. The second-order valence-corrected chi connectivity index (χ2v) is 4.64. The predicted octanol–water partition coefficient (Wildman–Crippen LogP) is 3.37. The molecule has 2 rings (SSSR count). The minimum Gasteiger partial charge on any atom is -0.489 e. The van der Waals surface area contributed by atoms with E-state index in [-0.39, 0.29) is 5.82 Å². The second-order valence-electron chi connectivity index (χ2n) is 4.64. The van der Waals surface area contributed by atoms with Crippen LogP contribution in [0.5, 0.6) is 5.75 Å². The number of halogens is 1. The fourth-order valence-corrected chi connectivity index (χ4v) is 1.74. The number of benzene rings is 2. The standard InChI is InChI=1S/C15H16BFO/c1-16(2)13-6-8-15(9-7-13)18-11-12-4-3-5-14(17)10-12/h3-10H,11H2,1-2H3. The Kier molecular flexibility index (Phi) is 4.03. The van der Waals surface area contributed by atoms with E-state index in [4.69, 9.17) is 4.74 Å². The van der Waals surface area contributed by atoms with Crippen molar-refractivity contribution in [2.75, 3.05) is 0 Å². The van der Waals surface area contributed by atoms with Crippen LogP contribution in [-0.2, 0) is 6.61 Å². The van der Waals surface area contributed by atoms with Gasteiger partial charge in [0.2, 0.25) is 0 Å². The van der Waals surface area contributed by atoms with Gasteiger partial charge < -0.3 is 4.74 Å². The average Bonchev–Trinajstić information content (AvgIpc) is 2.37. The van der Waals surface area contributed by atoms with Crippen molar-refractivity contribution < 1.29 is 9.13 Å². The van der Waals surface area contributed by atoms with Crippen molar-refractivity contribution in [3.8, 4) is 5.75 Å². The fraction of sp³-hybridized carbons (Fsp3) is 0.200. The molecule has 0 spiro atoms. The molecular formula is C15H16BFO. The fourth-order valence-electron chi connectivity index (χ4n) is 1.74. The average molecular weight is 242 g/mol. The normalized spacial score (nSPS) is 10.2. The Hall–Kier alpha value is -1.77. The summed E-state index contributed by atoms with van der Waals surface area (Å²) in [4.78, 5) is 0. The molecule has 2 aromatic carbocycles. The highest BCUT2D eigenvalue weighted by Gasteiger charge is 2.03. The highest BCUT2D eigenvalue weighted by molar-refractivity contribution is 6.70. The van der Waals surface area contributed by atoms with E-state index in [1.54, 1.807) is 6.07 Å². The van der Waals surface area contributed by atoms with Gasteiger partial charge in [-0.15, -0.1) is 0 Å². The summed E-state index contributed by atoms with van der Waals surface area (Å²) in [6.45, 7) is 5.21. The molecule has 0 atom stereocenters. The zero-order valence-corrected chi connectivity index (χ0v) is 10.7. The van der Waals surface area contributed by atoms with Gasteiger partial charge >= 0.3 is 0 Å². The molecule has 0 bridgehead atoms. The molecule has 92 valence electrons. The molecule has 0 aliphatic rings. The van der Waals surface area contributed by atoms with E-state index >= 15 is 0 Å². The van der Waals surface area contributed by atoms with Crippen LogP contribution in [0, 0.1) is 5.82 Å². The Balaban J connectivity index is 1.98.